The van der Waals surface area contributed by atoms with Crippen LogP contribution in [0.2, 0.25) is 0 Å². The van der Waals surface area contributed by atoms with Crippen molar-refractivity contribution in [1.82, 2.24) is 4.98 Å². The first-order valence-corrected chi connectivity index (χ1v) is 8.43. The second-order valence-electron chi connectivity index (χ2n) is 5.19. The minimum absolute atomic E-state index is 0.0701. The van der Waals surface area contributed by atoms with E-state index < -0.39 is 0 Å². The first-order valence-electron chi connectivity index (χ1n) is 7.27. The molecule has 0 spiro atoms. The van der Waals surface area contributed by atoms with E-state index in [1.165, 1.54) is 0 Å². The van der Waals surface area contributed by atoms with E-state index in [2.05, 4.69) is 4.98 Å². The molecule has 1 amide bonds. The SMILES string of the molecule is CN(C(=O)c1ccnc(OC2CCSC2)c1)c1ccccc1. The summed E-state index contributed by atoms with van der Waals surface area (Å²) in [5.41, 5.74) is 1.45. The highest BCUT2D eigenvalue weighted by atomic mass is 32.2. The van der Waals surface area contributed by atoms with Crippen molar-refractivity contribution in [2.24, 2.45) is 0 Å². The van der Waals surface area contributed by atoms with Gasteiger partial charge >= 0.3 is 0 Å². The van der Waals surface area contributed by atoms with Gasteiger partial charge in [0.2, 0.25) is 5.88 Å². The van der Waals surface area contributed by atoms with Crippen LogP contribution < -0.4 is 9.64 Å². The minimum atomic E-state index is -0.0701. The number of benzene rings is 1. The number of anilines is 1. The molecule has 1 fully saturated rings. The van der Waals surface area contributed by atoms with Crippen molar-refractivity contribution in [3.63, 3.8) is 0 Å². The highest BCUT2D eigenvalue weighted by molar-refractivity contribution is 7.99. The number of carbonyl (C=O) groups is 1. The summed E-state index contributed by atoms with van der Waals surface area (Å²) in [6.07, 6.45) is 2.87. The van der Waals surface area contributed by atoms with Crippen molar-refractivity contribution in [3.05, 3.63) is 54.2 Å². The molecular formula is C17H18N2O2S. The third kappa shape index (κ3) is 3.42. The average molecular weight is 314 g/mol. The van der Waals surface area contributed by atoms with E-state index in [0.717, 1.165) is 23.6 Å². The molecule has 0 saturated carbocycles. The highest BCUT2D eigenvalue weighted by Crippen LogP contribution is 2.23. The van der Waals surface area contributed by atoms with Crippen molar-refractivity contribution in [1.29, 1.82) is 0 Å². The van der Waals surface area contributed by atoms with Crippen LogP contribution in [0, 0.1) is 0 Å². The number of rotatable bonds is 4. The number of aromatic nitrogens is 1. The molecule has 1 aromatic heterocycles. The second kappa shape index (κ2) is 6.83. The molecule has 22 heavy (non-hydrogen) atoms. The number of hydrogen-bond donors (Lipinski definition) is 0. The van der Waals surface area contributed by atoms with Crippen molar-refractivity contribution < 1.29 is 9.53 Å². The molecule has 2 aromatic rings. The maximum absolute atomic E-state index is 12.6. The first-order chi connectivity index (χ1) is 10.7. The van der Waals surface area contributed by atoms with E-state index in [0.29, 0.717) is 11.4 Å². The second-order valence-corrected chi connectivity index (χ2v) is 6.34. The van der Waals surface area contributed by atoms with Crippen LogP contribution in [0.25, 0.3) is 0 Å². The summed E-state index contributed by atoms with van der Waals surface area (Å²) in [6.45, 7) is 0. The van der Waals surface area contributed by atoms with Crippen LogP contribution in [0.3, 0.4) is 0 Å². The van der Waals surface area contributed by atoms with Gasteiger partial charge < -0.3 is 9.64 Å². The van der Waals surface area contributed by atoms with Crippen molar-refractivity contribution in [3.8, 4) is 5.88 Å². The van der Waals surface area contributed by atoms with E-state index in [-0.39, 0.29) is 12.0 Å². The molecule has 1 aromatic carbocycles. The van der Waals surface area contributed by atoms with Gasteiger partial charge in [0.1, 0.15) is 6.10 Å². The van der Waals surface area contributed by atoms with Gasteiger partial charge in [-0.15, -0.1) is 0 Å². The van der Waals surface area contributed by atoms with Crippen molar-refractivity contribution in [2.75, 3.05) is 23.5 Å². The standard InChI is InChI=1S/C17H18N2O2S/c1-19(14-5-3-2-4-6-14)17(20)13-7-9-18-16(11-13)21-15-8-10-22-12-15/h2-7,9,11,15H,8,10,12H2,1H3. The van der Waals surface area contributed by atoms with E-state index >= 15 is 0 Å². The Bertz CT molecular complexity index is 642. The van der Waals surface area contributed by atoms with E-state index in [9.17, 15) is 4.79 Å². The largest absolute Gasteiger partial charge is 0.473 e. The molecule has 2 heterocycles. The monoisotopic (exact) mass is 314 g/mol. The molecule has 1 unspecified atom stereocenters. The number of amides is 1. The Morgan fingerprint density at radius 3 is 2.86 bits per heavy atom. The summed E-state index contributed by atoms with van der Waals surface area (Å²) in [4.78, 5) is 18.4. The Balaban J connectivity index is 1.74. The maximum atomic E-state index is 12.6. The lowest BCUT2D eigenvalue weighted by Gasteiger charge is -2.18. The van der Waals surface area contributed by atoms with Crippen LogP contribution >= 0.6 is 11.8 Å². The van der Waals surface area contributed by atoms with Gasteiger partial charge in [-0.3, -0.25) is 4.79 Å². The van der Waals surface area contributed by atoms with Crippen LogP contribution in [0.1, 0.15) is 16.8 Å². The Morgan fingerprint density at radius 2 is 2.14 bits per heavy atom. The number of nitrogens with zero attached hydrogens (tertiary/aromatic N) is 2. The maximum Gasteiger partial charge on any atom is 0.258 e. The zero-order chi connectivity index (χ0) is 15.4. The third-order valence-electron chi connectivity index (χ3n) is 3.61. The first kappa shape index (κ1) is 14.9. The molecule has 0 N–H and O–H groups in total. The van der Waals surface area contributed by atoms with Crippen LogP contribution in [0.5, 0.6) is 5.88 Å². The number of carbonyl (C=O) groups excluding carboxylic acids is 1. The lowest BCUT2D eigenvalue weighted by atomic mass is 10.2. The minimum Gasteiger partial charge on any atom is -0.473 e. The molecule has 114 valence electrons. The number of thioether (sulfide) groups is 1. The zero-order valence-electron chi connectivity index (χ0n) is 12.4. The molecular weight excluding hydrogens is 296 g/mol. The summed E-state index contributed by atoms with van der Waals surface area (Å²) < 4.78 is 5.85. The molecule has 0 radical (unpaired) electrons. The summed E-state index contributed by atoms with van der Waals surface area (Å²) >= 11 is 1.89. The summed E-state index contributed by atoms with van der Waals surface area (Å²) in [7, 11) is 1.77. The third-order valence-corrected chi connectivity index (χ3v) is 4.74. The van der Waals surface area contributed by atoms with Gasteiger partial charge in [0.15, 0.2) is 0 Å². The Morgan fingerprint density at radius 1 is 1.32 bits per heavy atom. The zero-order valence-corrected chi connectivity index (χ0v) is 13.3. The highest BCUT2D eigenvalue weighted by Gasteiger charge is 2.19. The smallest absolute Gasteiger partial charge is 0.258 e. The van der Waals surface area contributed by atoms with Crippen LogP contribution in [-0.4, -0.2) is 35.5 Å². The van der Waals surface area contributed by atoms with Crippen molar-refractivity contribution in [2.45, 2.75) is 12.5 Å². The quantitative estimate of drug-likeness (QED) is 0.869. The van der Waals surface area contributed by atoms with E-state index in [4.69, 9.17) is 4.74 Å². The molecule has 1 aliphatic rings. The summed E-state index contributed by atoms with van der Waals surface area (Å²) in [5.74, 6) is 2.57. The summed E-state index contributed by atoms with van der Waals surface area (Å²) in [6, 6.07) is 13.0. The average Bonchev–Trinajstić information content (AvgIpc) is 3.07. The lowest BCUT2D eigenvalue weighted by Crippen LogP contribution is -2.26. The van der Waals surface area contributed by atoms with Crippen LogP contribution in [-0.2, 0) is 0 Å². The molecule has 1 aliphatic heterocycles. The molecule has 0 aliphatic carbocycles. The number of hydrogen-bond acceptors (Lipinski definition) is 4. The van der Waals surface area contributed by atoms with E-state index in [1.807, 2.05) is 42.1 Å². The predicted molar refractivity (Wildman–Crippen MR) is 89.8 cm³/mol. The molecule has 3 rings (SSSR count). The number of ether oxygens (including phenoxy) is 1. The number of para-hydroxylation sites is 1. The fourth-order valence-corrected chi connectivity index (χ4v) is 3.44. The topological polar surface area (TPSA) is 42.4 Å². The molecule has 1 atom stereocenters. The fraction of sp³-hybridized carbons (Fsp3) is 0.294. The van der Waals surface area contributed by atoms with Gasteiger partial charge in [0.05, 0.1) is 0 Å². The molecule has 0 bridgehead atoms. The predicted octanol–water partition coefficient (Wildman–Crippen LogP) is 3.24. The number of pyridine rings is 1. The van der Waals surface area contributed by atoms with Crippen molar-refractivity contribution >= 4 is 23.4 Å². The van der Waals surface area contributed by atoms with Gasteiger partial charge in [-0.1, -0.05) is 18.2 Å². The van der Waals surface area contributed by atoms with Crippen LogP contribution in [0.4, 0.5) is 5.69 Å². The van der Waals surface area contributed by atoms with Gasteiger partial charge in [-0.25, -0.2) is 4.98 Å². The lowest BCUT2D eigenvalue weighted by molar-refractivity contribution is 0.0992. The Labute approximate surface area is 134 Å². The normalized spacial score (nSPS) is 17.2. The van der Waals surface area contributed by atoms with Gasteiger partial charge in [0.25, 0.3) is 5.91 Å². The summed E-state index contributed by atoms with van der Waals surface area (Å²) in [5, 5.41) is 0. The fourth-order valence-electron chi connectivity index (χ4n) is 2.35. The van der Waals surface area contributed by atoms with Gasteiger partial charge in [0, 0.05) is 36.3 Å². The van der Waals surface area contributed by atoms with Gasteiger partial charge in [-0.2, -0.15) is 11.8 Å². The van der Waals surface area contributed by atoms with E-state index in [1.54, 1.807) is 30.3 Å². The van der Waals surface area contributed by atoms with Gasteiger partial charge in [-0.05, 0) is 30.4 Å². The van der Waals surface area contributed by atoms with Crippen LogP contribution in [0.15, 0.2) is 48.7 Å². The Kier molecular flexibility index (Phi) is 4.63. The molecule has 4 nitrogen and oxygen atoms in total. The molecule has 5 heteroatoms. The molecule has 1 saturated heterocycles. The Hall–Kier alpha value is -2.01.